The number of nitrogens with zero attached hydrogens (tertiary/aromatic N) is 2. The van der Waals surface area contributed by atoms with Crippen molar-refractivity contribution >= 4 is 23.4 Å². The summed E-state index contributed by atoms with van der Waals surface area (Å²) < 4.78 is 0. The number of nitrogens with one attached hydrogen (secondary N) is 1. The summed E-state index contributed by atoms with van der Waals surface area (Å²) in [7, 11) is 3.89. The molecule has 2 N–H and O–H groups in total. The lowest BCUT2D eigenvalue weighted by molar-refractivity contribution is -0.137. The molecule has 0 aliphatic heterocycles. The van der Waals surface area contributed by atoms with E-state index in [0.29, 0.717) is 12.2 Å². The van der Waals surface area contributed by atoms with Crippen molar-refractivity contribution in [1.29, 1.82) is 0 Å². The number of urea groups is 1. The molecule has 0 heterocycles. The van der Waals surface area contributed by atoms with Crippen LogP contribution in [0, 0.1) is 0 Å². The average molecular weight is 279 g/mol. The van der Waals surface area contributed by atoms with Crippen LogP contribution < -0.4 is 10.2 Å². The van der Waals surface area contributed by atoms with Gasteiger partial charge in [-0.05, 0) is 31.2 Å². The van der Waals surface area contributed by atoms with Crippen LogP contribution >= 0.6 is 0 Å². The molecule has 0 bridgehead atoms. The number of carboxylic acid groups (broad SMARTS) is 1. The molecule has 0 aromatic heterocycles. The minimum Gasteiger partial charge on any atom is -0.481 e. The van der Waals surface area contributed by atoms with Crippen LogP contribution in [-0.2, 0) is 4.79 Å². The minimum atomic E-state index is -0.911. The number of carbonyl (C=O) groups is 2. The van der Waals surface area contributed by atoms with Crippen molar-refractivity contribution in [2.24, 2.45) is 0 Å². The highest BCUT2D eigenvalue weighted by Gasteiger charge is 2.12. The summed E-state index contributed by atoms with van der Waals surface area (Å²) in [5, 5.41) is 11.4. The summed E-state index contributed by atoms with van der Waals surface area (Å²) in [6.07, 6.45) is -0.0547. The zero-order valence-electron chi connectivity index (χ0n) is 12.1. The Kier molecular flexibility index (Phi) is 5.83. The third-order valence-corrected chi connectivity index (χ3v) is 2.90. The molecule has 0 saturated carbocycles. The van der Waals surface area contributed by atoms with E-state index < -0.39 is 5.97 Å². The Bertz CT molecular complexity index is 457. The number of rotatable bonds is 6. The normalized spacial score (nSPS) is 9.95. The third-order valence-electron chi connectivity index (χ3n) is 2.90. The molecule has 0 fully saturated rings. The zero-order chi connectivity index (χ0) is 15.1. The van der Waals surface area contributed by atoms with Crippen LogP contribution in [0.1, 0.15) is 13.3 Å². The van der Waals surface area contributed by atoms with Gasteiger partial charge in [0.1, 0.15) is 0 Å². The monoisotopic (exact) mass is 279 g/mol. The quantitative estimate of drug-likeness (QED) is 0.836. The molecule has 6 heteroatoms. The number of amides is 2. The largest absolute Gasteiger partial charge is 0.481 e. The van der Waals surface area contributed by atoms with Gasteiger partial charge in [0.25, 0.3) is 0 Å². The Morgan fingerprint density at radius 3 is 2.25 bits per heavy atom. The SMILES string of the molecule is CCN(CCC(=O)O)C(=O)Nc1ccc(N(C)C)cc1. The summed E-state index contributed by atoms with van der Waals surface area (Å²) in [4.78, 5) is 26.0. The van der Waals surface area contributed by atoms with Gasteiger partial charge < -0.3 is 20.2 Å². The molecule has 0 spiro atoms. The molecule has 0 saturated heterocycles. The van der Waals surface area contributed by atoms with Crippen LogP contribution in [0.4, 0.5) is 16.2 Å². The second-order valence-electron chi connectivity index (χ2n) is 4.59. The Hall–Kier alpha value is -2.24. The van der Waals surface area contributed by atoms with Gasteiger partial charge in [0.2, 0.25) is 0 Å². The van der Waals surface area contributed by atoms with Gasteiger partial charge in [-0.3, -0.25) is 4.79 Å². The van der Waals surface area contributed by atoms with Gasteiger partial charge in [-0.2, -0.15) is 0 Å². The maximum atomic E-state index is 12.0. The molecule has 1 aromatic carbocycles. The third kappa shape index (κ3) is 4.79. The van der Waals surface area contributed by atoms with Crippen LogP contribution in [0.15, 0.2) is 24.3 Å². The van der Waals surface area contributed by atoms with Crippen molar-refractivity contribution in [3.63, 3.8) is 0 Å². The van der Waals surface area contributed by atoms with Gasteiger partial charge in [0, 0.05) is 38.6 Å². The number of anilines is 2. The first-order valence-corrected chi connectivity index (χ1v) is 6.49. The molecule has 110 valence electrons. The molecule has 6 nitrogen and oxygen atoms in total. The van der Waals surface area contributed by atoms with Gasteiger partial charge in [-0.15, -0.1) is 0 Å². The zero-order valence-corrected chi connectivity index (χ0v) is 12.1. The van der Waals surface area contributed by atoms with E-state index >= 15 is 0 Å². The first kappa shape index (κ1) is 15.8. The van der Waals surface area contributed by atoms with E-state index in [1.807, 2.05) is 50.2 Å². The van der Waals surface area contributed by atoms with Gasteiger partial charge in [0.05, 0.1) is 6.42 Å². The number of aliphatic carboxylic acids is 1. The lowest BCUT2D eigenvalue weighted by Gasteiger charge is -2.21. The maximum Gasteiger partial charge on any atom is 0.321 e. The second kappa shape index (κ2) is 7.37. The minimum absolute atomic E-state index is 0.0547. The predicted molar refractivity (Wildman–Crippen MR) is 79.3 cm³/mol. The molecule has 0 aliphatic rings. The van der Waals surface area contributed by atoms with E-state index in [-0.39, 0.29) is 19.0 Å². The fraction of sp³-hybridized carbons (Fsp3) is 0.429. The highest BCUT2D eigenvalue weighted by atomic mass is 16.4. The van der Waals surface area contributed by atoms with E-state index in [2.05, 4.69) is 5.32 Å². The lowest BCUT2D eigenvalue weighted by atomic mass is 10.2. The molecule has 20 heavy (non-hydrogen) atoms. The number of carboxylic acids is 1. The van der Waals surface area contributed by atoms with Crippen LogP contribution in [0.3, 0.4) is 0 Å². The molecular formula is C14H21N3O3. The molecule has 0 aliphatic carbocycles. The fourth-order valence-electron chi connectivity index (χ4n) is 1.68. The van der Waals surface area contributed by atoms with Crippen LogP contribution in [0.2, 0.25) is 0 Å². The highest BCUT2D eigenvalue weighted by Crippen LogP contribution is 2.16. The van der Waals surface area contributed by atoms with Crippen LogP contribution in [0.5, 0.6) is 0 Å². The molecule has 1 rings (SSSR count). The molecule has 0 unspecified atom stereocenters. The Labute approximate surface area is 119 Å². The number of hydrogen-bond acceptors (Lipinski definition) is 3. The standard InChI is InChI=1S/C14H21N3O3/c1-4-17(10-9-13(18)19)14(20)15-11-5-7-12(8-6-11)16(2)3/h5-8H,4,9-10H2,1-3H3,(H,15,20)(H,18,19). The Balaban J connectivity index is 2.61. The van der Waals surface area contributed by atoms with E-state index in [1.54, 1.807) is 0 Å². The smallest absolute Gasteiger partial charge is 0.321 e. The van der Waals surface area contributed by atoms with Gasteiger partial charge in [-0.1, -0.05) is 0 Å². The summed E-state index contributed by atoms with van der Waals surface area (Å²) >= 11 is 0. The van der Waals surface area contributed by atoms with E-state index in [0.717, 1.165) is 5.69 Å². The van der Waals surface area contributed by atoms with Crippen molar-refractivity contribution in [1.82, 2.24) is 4.90 Å². The number of hydrogen-bond donors (Lipinski definition) is 2. The topological polar surface area (TPSA) is 72.9 Å². The molecule has 1 aromatic rings. The summed E-state index contributed by atoms with van der Waals surface area (Å²) in [5.41, 5.74) is 1.73. The van der Waals surface area contributed by atoms with Crippen molar-refractivity contribution in [2.45, 2.75) is 13.3 Å². The lowest BCUT2D eigenvalue weighted by Crippen LogP contribution is -2.36. The van der Waals surface area contributed by atoms with Gasteiger partial charge in [0.15, 0.2) is 0 Å². The summed E-state index contributed by atoms with van der Waals surface area (Å²) in [6.45, 7) is 2.49. The van der Waals surface area contributed by atoms with Gasteiger partial charge >= 0.3 is 12.0 Å². The fourth-order valence-corrected chi connectivity index (χ4v) is 1.68. The van der Waals surface area contributed by atoms with E-state index in [1.165, 1.54) is 4.90 Å². The maximum absolute atomic E-state index is 12.0. The predicted octanol–water partition coefficient (Wildman–Crippen LogP) is 2.08. The van der Waals surface area contributed by atoms with Crippen molar-refractivity contribution < 1.29 is 14.7 Å². The van der Waals surface area contributed by atoms with Crippen molar-refractivity contribution in [3.05, 3.63) is 24.3 Å². The van der Waals surface area contributed by atoms with Crippen LogP contribution in [-0.4, -0.2) is 49.2 Å². The summed E-state index contributed by atoms with van der Waals surface area (Å²) in [6, 6.07) is 7.16. The second-order valence-corrected chi connectivity index (χ2v) is 4.59. The van der Waals surface area contributed by atoms with E-state index in [4.69, 9.17) is 5.11 Å². The molecule has 2 amide bonds. The number of carbonyl (C=O) groups excluding carboxylic acids is 1. The first-order valence-electron chi connectivity index (χ1n) is 6.49. The molecule has 0 atom stereocenters. The summed E-state index contributed by atoms with van der Waals surface area (Å²) in [5.74, 6) is -0.911. The van der Waals surface area contributed by atoms with Crippen molar-refractivity contribution in [3.8, 4) is 0 Å². The highest BCUT2D eigenvalue weighted by molar-refractivity contribution is 5.89. The Morgan fingerprint density at radius 1 is 1.20 bits per heavy atom. The first-order chi connectivity index (χ1) is 9.43. The molecular weight excluding hydrogens is 258 g/mol. The number of benzene rings is 1. The van der Waals surface area contributed by atoms with E-state index in [9.17, 15) is 9.59 Å². The van der Waals surface area contributed by atoms with Gasteiger partial charge in [-0.25, -0.2) is 4.79 Å². The molecule has 0 radical (unpaired) electrons. The average Bonchev–Trinajstić information content (AvgIpc) is 2.39. The Morgan fingerprint density at radius 2 is 1.80 bits per heavy atom. The van der Waals surface area contributed by atoms with Crippen molar-refractivity contribution in [2.75, 3.05) is 37.4 Å². The van der Waals surface area contributed by atoms with Crippen LogP contribution in [0.25, 0.3) is 0 Å².